The zero-order valence-corrected chi connectivity index (χ0v) is 24.1. The number of aryl methyl sites for hydroxylation is 2. The average molecular weight is 563 g/mol. The van der Waals surface area contributed by atoms with Crippen LogP contribution in [0.1, 0.15) is 19.0 Å². The van der Waals surface area contributed by atoms with E-state index in [-0.39, 0.29) is 6.04 Å². The number of halogens is 1. The highest BCUT2D eigenvalue weighted by molar-refractivity contribution is 6.29. The van der Waals surface area contributed by atoms with Crippen molar-refractivity contribution in [3.05, 3.63) is 53.7 Å². The van der Waals surface area contributed by atoms with Crippen molar-refractivity contribution in [2.75, 3.05) is 55.8 Å². The first kappa shape index (κ1) is 27.6. The molecule has 3 N–H and O–H groups in total. The number of hydrogen-bond donors (Lipinski definition) is 2. The van der Waals surface area contributed by atoms with Gasteiger partial charge in [-0.1, -0.05) is 11.6 Å². The third-order valence-electron chi connectivity index (χ3n) is 7.02. The lowest BCUT2D eigenvalue weighted by Crippen LogP contribution is -2.44. The van der Waals surface area contributed by atoms with Crippen LogP contribution in [0.4, 0.5) is 17.2 Å². The minimum absolute atomic E-state index is 0.0724. The molecule has 0 aliphatic carbocycles. The fourth-order valence-electron chi connectivity index (χ4n) is 4.77. The van der Waals surface area contributed by atoms with E-state index in [1.54, 1.807) is 23.1 Å². The van der Waals surface area contributed by atoms with E-state index in [2.05, 4.69) is 55.2 Å². The Bertz CT molecular complexity index is 1450. The molecule has 4 aromatic rings. The molecule has 0 bridgehead atoms. The topological polar surface area (TPSA) is 123 Å². The van der Waals surface area contributed by atoms with Crippen molar-refractivity contribution >= 4 is 28.8 Å². The van der Waals surface area contributed by atoms with Gasteiger partial charge in [0.1, 0.15) is 16.5 Å². The number of nitrogen functional groups attached to an aromatic ring is 1. The third-order valence-corrected chi connectivity index (χ3v) is 7.23. The Morgan fingerprint density at radius 3 is 2.60 bits per heavy atom. The summed E-state index contributed by atoms with van der Waals surface area (Å²) in [6, 6.07) is 7.73. The predicted molar refractivity (Wildman–Crippen MR) is 159 cm³/mol. The molecule has 1 saturated heterocycles. The second kappa shape index (κ2) is 12.1. The molecule has 5 heterocycles. The standard InChI is InChI=1S/C28H35ClN10O/c1-18(8-14-40-28-26(19(2)36-38(28)4)27-31-9-7-25(30)35-27)34-23-15-24(29)33-17-21(23)22-6-5-20(16-32-22)39-12-10-37(3)11-13-39/h5-7,9,15-18H,8,10-14H2,1-4H3,(H,33,34)(H2,30,31,35)/t18-/m0/s1. The number of pyridine rings is 2. The maximum atomic E-state index is 6.28. The van der Waals surface area contributed by atoms with Crippen molar-refractivity contribution in [1.82, 2.24) is 34.6 Å². The van der Waals surface area contributed by atoms with Crippen molar-refractivity contribution in [2.45, 2.75) is 26.3 Å². The molecule has 5 rings (SSSR count). The number of anilines is 3. The summed E-state index contributed by atoms with van der Waals surface area (Å²) in [7, 11) is 3.99. The molecule has 210 valence electrons. The number of rotatable bonds is 9. The van der Waals surface area contributed by atoms with E-state index in [4.69, 9.17) is 27.1 Å². The van der Waals surface area contributed by atoms with Crippen LogP contribution in [0.2, 0.25) is 5.15 Å². The average Bonchev–Trinajstić information content (AvgIpc) is 3.22. The van der Waals surface area contributed by atoms with Crippen LogP contribution in [0.3, 0.4) is 0 Å². The summed E-state index contributed by atoms with van der Waals surface area (Å²) in [6.45, 7) is 8.55. The highest BCUT2D eigenvalue weighted by Gasteiger charge is 2.20. The Kier molecular flexibility index (Phi) is 8.32. The molecule has 0 unspecified atom stereocenters. The Hall–Kier alpha value is -3.96. The zero-order valence-electron chi connectivity index (χ0n) is 23.3. The molecule has 1 atom stereocenters. The van der Waals surface area contributed by atoms with Gasteiger partial charge in [-0.25, -0.2) is 19.6 Å². The van der Waals surface area contributed by atoms with E-state index in [9.17, 15) is 0 Å². The van der Waals surface area contributed by atoms with E-state index in [0.717, 1.165) is 66.5 Å². The molecule has 11 nitrogen and oxygen atoms in total. The van der Waals surface area contributed by atoms with Gasteiger partial charge in [-0.15, -0.1) is 0 Å². The van der Waals surface area contributed by atoms with Crippen molar-refractivity contribution in [3.63, 3.8) is 0 Å². The molecule has 1 aliphatic heterocycles. The van der Waals surface area contributed by atoms with Gasteiger partial charge in [-0.05, 0) is 45.2 Å². The summed E-state index contributed by atoms with van der Waals surface area (Å²) in [4.78, 5) is 22.5. The number of piperazine rings is 1. The van der Waals surface area contributed by atoms with Gasteiger partial charge >= 0.3 is 0 Å². The lowest BCUT2D eigenvalue weighted by molar-refractivity contribution is 0.280. The summed E-state index contributed by atoms with van der Waals surface area (Å²) >= 11 is 6.28. The van der Waals surface area contributed by atoms with Crippen LogP contribution in [0.15, 0.2) is 42.9 Å². The molecule has 0 aromatic carbocycles. The van der Waals surface area contributed by atoms with Gasteiger partial charge in [0.25, 0.3) is 0 Å². The van der Waals surface area contributed by atoms with E-state index >= 15 is 0 Å². The summed E-state index contributed by atoms with van der Waals surface area (Å²) in [5.74, 6) is 1.49. The van der Waals surface area contributed by atoms with Crippen LogP contribution in [0.5, 0.6) is 5.88 Å². The second-order valence-corrected chi connectivity index (χ2v) is 10.5. The van der Waals surface area contributed by atoms with Crippen LogP contribution in [-0.2, 0) is 7.05 Å². The summed E-state index contributed by atoms with van der Waals surface area (Å²) in [5, 5.41) is 8.48. The first-order valence-corrected chi connectivity index (χ1v) is 13.7. The summed E-state index contributed by atoms with van der Waals surface area (Å²) in [6.07, 6.45) is 6.05. The lowest BCUT2D eigenvalue weighted by Gasteiger charge is -2.33. The Balaban J connectivity index is 1.25. The number of aromatic nitrogens is 6. The van der Waals surface area contributed by atoms with Crippen LogP contribution >= 0.6 is 11.6 Å². The highest BCUT2D eigenvalue weighted by atomic mass is 35.5. The number of likely N-dealkylation sites (N-methyl/N-ethyl adjacent to an activating group) is 1. The first-order chi connectivity index (χ1) is 19.3. The molecular formula is C28H35ClN10O. The molecule has 0 amide bonds. The van der Waals surface area contributed by atoms with E-state index in [1.165, 1.54) is 0 Å². The van der Waals surface area contributed by atoms with Gasteiger partial charge in [0.2, 0.25) is 5.88 Å². The maximum absolute atomic E-state index is 6.28. The molecule has 0 spiro atoms. The van der Waals surface area contributed by atoms with Crippen molar-refractivity contribution < 1.29 is 4.74 Å². The molecule has 1 aliphatic rings. The molecule has 12 heteroatoms. The van der Waals surface area contributed by atoms with Gasteiger partial charge in [-0.2, -0.15) is 5.10 Å². The molecule has 0 saturated carbocycles. The Morgan fingerprint density at radius 1 is 1.07 bits per heavy atom. The third kappa shape index (κ3) is 6.26. The normalized spacial score (nSPS) is 14.8. The van der Waals surface area contributed by atoms with Crippen molar-refractivity contribution in [1.29, 1.82) is 0 Å². The highest BCUT2D eigenvalue weighted by Crippen LogP contribution is 2.32. The number of nitrogens with zero attached hydrogens (tertiary/aromatic N) is 8. The molecule has 40 heavy (non-hydrogen) atoms. The van der Waals surface area contributed by atoms with Crippen molar-refractivity contribution in [3.8, 4) is 28.5 Å². The van der Waals surface area contributed by atoms with Gasteiger partial charge in [0, 0.05) is 69.3 Å². The van der Waals surface area contributed by atoms with Crippen LogP contribution in [-0.4, -0.2) is 80.5 Å². The summed E-state index contributed by atoms with van der Waals surface area (Å²) in [5.41, 5.74) is 11.1. The Labute approximate surface area is 239 Å². The fourth-order valence-corrected chi connectivity index (χ4v) is 4.93. The minimum Gasteiger partial charge on any atom is -0.477 e. The monoisotopic (exact) mass is 562 g/mol. The quantitative estimate of drug-likeness (QED) is 0.290. The molecule has 4 aromatic heterocycles. The largest absolute Gasteiger partial charge is 0.477 e. The van der Waals surface area contributed by atoms with Gasteiger partial charge in [-0.3, -0.25) is 4.98 Å². The van der Waals surface area contributed by atoms with Gasteiger partial charge in [0.05, 0.1) is 29.9 Å². The Morgan fingerprint density at radius 2 is 1.88 bits per heavy atom. The van der Waals surface area contributed by atoms with E-state index in [0.29, 0.717) is 29.3 Å². The van der Waals surface area contributed by atoms with Crippen molar-refractivity contribution in [2.24, 2.45) is 7.05 Å². The van der Waals surface area contributed by atoms with Crippen LogP contribution < -0.4 is 20.7 Å². The van der Waals surface area contributed by atoms with Crippen LogP contribution in [0, 0.1) is 6.92 Å². The van der Waals surface area contributed by atoms with Gasteiger partial charge in [0.15, 0.2) is 5.82 Å². The second-order valence-electron chi connectivity index (χ2n) is 10.1. The van der Waals surface area contributed by atoms with E-state index < -0.39 is 0 Å². The smallest absolute Gasteiger partial charge is 0.223 e. The summed E-state index contributed by atoms with van der Waals surface area (Å²) < 4.78 is 7.89. The number of nitrogens with one attached hydrogen (secondary N) is 1. The number of hydrogen-bond acceptors (Lipinski definition) is 10. The lowest BCUT2D eigenvalue weighted by atomic mass is 10.1. The fraction of sp³-hybridized carbons (Fsp3) is 0.393. The molecule has 0 radical (unpaired) electrons. The molecular weight excluding hydrogens is 528 g/mol. The zero-order chi connectivity index (χ0) is 28.2. The predicted octanol–water partition coefficient (Wildman–Crippen LogP) is 3.90. The van der Waals surface area contributed by atoms with E-state index in [1.807, 2.05) is 32.3 Å². The van der Waals surface area contributed by atoms with Gasteiger partial charge < -0.3 is 25.6 Å². The number of nitrogens with two attached hydrogens (primary N) is 1. The molecule has 1 fully saturated rings. The SMILES string of the molecule is Cc1nn(C)c(OCC[C@H](C)Nc2cc(Cl)ncc2-c2ccc(N3CCN(C)CC3)cn2)c1-c1nccc(N)n1. The maximum Gasteiger partial charge on any atom is 0.223 e. The first-order valence-electron chi connectivity index (χ1n) is 13.4. The number of ether oxygens (including phenoxy) is 1. The van der Waals surface area contributed by atoms with Crippen LogP contribution in [0.25, 0.3) is 22.6 Å². The minimum atomic E-state index is 0.0724.